The summed E-state index contributed by atoms with van der Waals surface area (Å²) in [4.78, 5) is 16.3. The molecule has 29 heavy (non-hydrogen) atoms. The minimum Gasteiger partial charge on any atom is -0.591 e. The Kier molecular flexibility index (Phi) is 6.50. The first-order valence-corrected chi connectivity index (χ1v) is 11.2. The van der Waals surface area contributed by atoms with Crippen LogP contribution in [0.2, 0.25) is 0 Å². The van der Waals surface area contributed by atoms with Gasteiger partial charge in [0.2, 0.25) is 0 Å². The summed E-state index contributed by atoms with van der Waals surface area (Å²) in [5.41, 5.74) is 1.71. The van der Waals surface area contributed by atoms with Crippen LogP contribution < -0.4 is 9.47 Å². The lowest BCUT2D eigenvalue weighted by Gasteiger charge is -2.27. The standard InChI is InChI=1S/C20H24N2O5S2/c1-6-26-19(23)15-11-28-18(21-15)17-10-14(22-29(24)20(2,3)4)13-8-7-12(25-5)9-16(13)27-17/h7-9,11,17H,6,10H2,1-5H3/t17-,29?/m1/s1. The van der Waals surface area contributed by atoms with E-state index in [9.17, 15) is 9.35 Å². The van der Waals surface area contributed by atoms with E-state index in [1.54, 1.807) is 25.5 Å². The van der Waals surface area contributed by atoms with Gasteiger partial charge in [-0.3, -0.25) is 0 Å². The van der Waals surface area contributed by atoms with E-state index in [0.29, 0.717) is 28.6 Å². The van der Waals surface area contributed by atoms with Gasteiger partial charge in [-0.2, -0.15) is 0 Å². The van der Waals surface area contributed by atoms with Gasteiger partial charge in [-0.1, -0.05) is 4.40 Å². The molecule has 0 spiro atoms. The summed E-state index contributed by atoms with van der Waals surface area (Å²) >= 11 is -0.0931. The maximum absolute atomic E-state index is 12.7. The van der Waals surface area contributed by atoms with E-state index in [1.165, 1.54) is 11.3 Å². The fourth-order valence-electron chi connectivity index (χ4n) is 2.64. The summed E-state index contributed by atoms with van der Waals surface area (Å²) < 4.78 is 33.1. The molecule has 1 aliphatic heterocycles. The molecule has 0 bridgehead atoms. The van der Waals surface area contributed by atoms with Crippen molar-refractivity contribution in [1.29, 1.82) is 0 Å². The van der Waals surface area contributed by atoms with Crippen molar-refractivity contribution in [3.8, 4) is 11.5 Å². The molecule has 1 aliphatic rings. The number of benzene rings is 1. The third-order valence-electron chi connectivity index (χ3n) is 4.15. The van der Waals surface area contributed by atoms with E-state index in [0.717, 1.165) is 5.56 Å². The molecule has 0 saturated carbocycles. The minimum absolute atomic E-state index is 0.253. The third-order valence-corrected chi connectivity index (χ3v) is 6.52. The number of carbonyl (C=O) groups is 1. The summed E-state index contributed by atoms with van der Waals surface area (Å²) in [5, 5.41) is 2.29. The van der Waals surface area contributed by atoms with Gasteiger partial charge in [0.1, 0.15) is 38.3 Å². The Morgan fingerprint density at radius 1 is 1.45 bits per heavy atom. The quantitative estimate of drug-likeness (QED) is 0.517. The Balaban J connectivity index is 1.97. The first-order valence-electron chi connectivity index (χ1n) is 9.20. The van der Waals surface area contributed by atoms with E-state index in [2.05, 4.69) is 9.38 Å². The van der Waals surface area contributed by atoms with Crippen LogP contribution in [0.15, 0.2) is 28.0 Å². The van der Waals surface area contributed by atoms with Crippen LogP contribution in [-0.4, -0.2) is 39.7 Å². The number of thiazole rings is 1. The number of rotatable bonds is 5. The lowest BCUT2D eigenvalue weighted by molar-refractivity contribution is 0.0519. The number of esters is 1. The monoisotopic (exact) mass is 436 g/mol. The zero-order valence-corrected chi connectivity index (χ0v) is 18.7. The summed E-state index contributed by atoms with van der Waals surface area (Å²) in [5.74, 6) is 0.765. The molecular weight excluding hydrogens is 412 g/mol. The van der Waals surface area contributed by atoms with Crippen LogP contribution in [0, 0.1) is 0 Å². The molecule has 0 amide bonds. The van der Waals surface area contributed by atoms with E-state index in [-0.39, 0.29) is 12.3 Å². The van der Waals surface area contributed by atoms with Crippen molar-refractivity contribution in [1.82, 2.24) is 4.98 Å². The lowest BCUT2D eigenvalue weighted by atomic mass is 10.00. The highest BCUT2D eigenvalue weighted by molar-refractivity contribution is 7.91. The largest absolute Gasteiger partial charge is 0.591 e. The molecule has 2 heterocycles. The van der Waals surface area contributed by atoms with Gasteiger partial charge < -0.3 is 18.8 Å². The molecule has 2 aromatic rings. The summed E-state index contributed by atoms with van der Waals surface area (Å²) in [6, 6.07) is 5.45. The number of methoxy groups -OCH3 is 1. The Bertz CT molecular complexity index is 920. The summed E-state index contributed by atoms with van der Waals surface area (Å²) in [7, 11) is 1.58. The first-order chi connectivity index (χ1) is 13.7. The minimum atomic E-state index is -1.42. The average molecular weight is 437 g/mol. The molecule has 2 atom stereocenters. The lowest BCUT2D eigenvalue weighted by Crippen LogP contribution is -2.29. The van der Waals surface area contributed by atoms with Crippen molar-refractivity contribution in [3.63, 3.8) is 0 Å². The fourth-order valence-corrected chi connectivity index (χ4v) is 4.10. The number of nitrogens with zero attached hydrogens (tertiary/aromatic N) is 2. The van der Waals surface area contributed by atoms with Crippen molar-refractivity contribution in [3.05, 3.63) is 39.8 Å². The van der Waals surface area contributed by atoms with Crippen LogP contribution in [0.1, 0.15) is 61.3 Å². The average Bonchev–Trinajstić information content (AvgIpc) is 3.17. The zero-order valence-electron chi connectivity index (χ0n) is 17.1. The van der Waals surface area contributed by atoms with E-state index < -0.39 is 28.2 Å². The van der Waals surface area contributed by atoms with Crippen LogP contribution in [0.3, 0.4) is 0 Å². The first kappa shape index (κ1) is 21.6. The van der Waals surface area contributed by atoms with Crippen LogP contribution in [0.5, 0.6) is 11.5 Å². The molecular formula is C20H24N2O5S2. The van der Waals surface area contributed by atoms with Gasteiger partial charge >= 0.3 is 5.97 Å². The normalized spacial score (nSPS) is 18.7. The molecule has 1 aromatic carbocycles. The third kappa shape index (κ3) is 4.91. The van der Waals surface area contributed by atoms with E-state index in [1.807, 2.05) is 32.9 Å². The predicted octanol–water partition coefficient (Wildman–Crippen LogP) is 4.10. The number of hydrogen-bond acceptors (Lipinski definition) is 8. The van der Waals surface area contributed by atoms with Gasteiger partial charge in [-0.15, -0.1) is 11.3 Å². The van der Waals surface area contributed by atoms with Gasteiger partial charge in [-0.25, -0.2) is 9.78 Å². The van der Waals surface area contributed by atoms with Gasteiger partial charge in [0.15, 0.2) is 11.8 Å². The molecule has 3 rings (SSSR count). The van der Waals surface area contributed by atoms with Gasteiger partial charge in [-0.05, 0) is 39.8 Å². The Labute approximate surface area is 177 Å². The van der Waals surface area contributed by atoms with Crippen LogP contribution in [0.4, 0.5) is 0 Å². The molecule has 0 radical (unpaired) electrons. The van der Waals surface area contributed by atoms with Crippen LogP contribution in [-0.2, 0) is 16.1 Å². The SMILES string of the molecule is CCOC(=O)c1csc([C@H]2CC(=N[S+]([O-])C(C)(C)C)c3ccc(OC)cc3O2)n1. The molecule has 0 fully saturated rings. The highest BCUT2D eigenvalue weighted by Crippen LogP contribution is 2.39. The second-order valence-corrected chi connectivity index (χ2v) is 10.2. The van der Waals surface area contributed by atoms with Gasteiger partial charge in [0, 0.05) is 23.4 Å². The van der Waals surface area contributed by atoms with Crippen LogP contribution in [0.25, 0.3) is 0 Å². The molecule has 156 valence electrons. The maximum atomic E-state index is 12.7. The highest BCUT2D eigenvalue weighted by Gasteiger charge is 2.33. The van der Waals surface area contributed by atoms with E-state index >= 15 is 0 Å². The zero-order chi connectivity index (χ0) is 21.2. The van der Waals surface area contributed by atoms with E-state index in [4.69, 9.17) is 14.2 Å². The number of carbonyl (C=O) groups excluding carboxylic acids is 1. The van der Waals surface area contributed by atoms with Crippen molar-refractivity contribution in [2.45, 2.75) is 45.0 Å². The Morgan fingerprint density at radius 3 is 2.86 bits per heavy atom. The smallest absolute Gasteiger partial charge is 0.357 e. The summed E-state index contributed by atoms with van der Waals surface area (Å²) in [6.07, 6.45) is -0.0461. The summed E-state index contributed by atoms with van der Waals surface area (Å²) in [6.45, 7) is 7.67. The number of ether oxygens (including phenoxy) is 3. The molecule has 9 heteroatoms. The van der Waals surface area contributed by atoms with Crippen molar-refractivity contribution >= 4 is 34.4 Å². The molecule has 0 N–H and O–H groups in total. The maximum Gasteiger partial charge on any atom is 0.357 e. The fraction of sp³-hybridized carbons (Fsp3) is 0.450. The molecule has 0 aliphatic carbocycles. The molecule has 1 unspecified atom stereocenters. The Hall–Kier alpha value is -2.10. The highest BCUT2D eigenvalue weighted by atomic mass is 32.2. The topological polar surface area (TPSA) is 93.1 Å². The molecule has 1 aromatic heterocycles. The number of aromatic nitrogens is 1. The molecule has 0 saturated heterocycles. The van der Waals surface area contributed by atoms with Crippen molar-refractivity contribution < 1.29 is 23.6 Å². The van der Waals surface area contributed by atoms with Crippen molar-refractivity contribution in [2.75, 3.05) is 13.7 Å². The second-order valence-electron chi connectivity index (χ2n) is 7.36. The van der Waals surface area contributed by atoms with Crippen molar-refractivity contribution in [2.24, 2.45) is 4.40 Å². The van der Waals surface area contributed by atoms with Crippen LogP contribution >= 0.6 is 11.3 Å². The second kappa shape index (κ2) is 8.73. The predicted molar refractivity (Wildman–Crippen MR) is 113 cm³/mol. The number of fused-ring (bicyclic) bond motifs is 1. The molecule has 7 nitrogen and oxygen atoms in total. The van der Waals surface area contributed by atoms with Gasteiger partial charge in [0.25, 0.3) is 0 Å². The Morgan fingerprint density at radius 2 is 2.21 bits per heavy atom. The van der Waals surface area contributed by atoms with Gasteiger partial charge in [0.05, 0.1) is 13.7 Å². The number of hydrogen-bond donors (Lipinski definition) is 0.